The molecule has 4 nitrogen and oxygen atoms in total. The number of nitrogens with one attached hydrogen (secondary N) is 2. The predicted molar refractivity (Wildman–Crippen MR) is 75.0 cm³/mol. The third-order valence-electron chi connectivity index (χ3n) is 2.42. The highest BCUT2D eigenvalue weighted by Crippen LogP contribution is 2.12. The van der Waals surface area contributed by atoms with Crippen molar-refractivity contribution in [3.8, 4) is 0 Å². The van der Waals surface area contributed by atoms with Crippen molar-refractivity contribution in [2.24, 2.45) is 0 Å². The zero-order chi connectivity index (χ0) is 13.2. The minimum atomic E-state index is -0.0555. The fourth-order valence-corrected chi connectivity index (χ4v) is 1.49. The van der Waals surface area contributed by atoms with Crippen LogP contribution in [0.15, 0.2) is 24.3 Å². The molecule has 1 rings (SSSR count). The second kappa shape index (κ2) is 8.53. The number of hydrogen-bond acceptors (Lipinski definition) is 3. The van der Waals surface area contributed by atoms with Gasteiger partial charge in [0, 0.05) is 31.5 Å². The van der Waals surface area contributed by atoms with E-state index in [1.807, 2.05) is 24.3 Å². The van der Waals surface area contributed by atoms with Gasteiger partial charge in [-0.15, -0.1) is 0 Å². The summed E-state index contributed by atoms with van der Waals surface area (Å²) in [4.78, 5) is 10.9. The Morgan fingerprint density at radius 1 is 1.17 bits per heavy atom. The predicted octanol–water partition coefficient (Wildman–Crippen LogP) is 2.87. The molecule has 0 bridgehead atoms. The van der Waals surface area contributed by atoms with Crippen molar-refractivity contribution in [1.82, 2.24) is 0 Å². The van der Waals surface area contributed by atoms with E-state index in [9.17, 15) is 4.79 Å². The van der Waals surface area contributed by atoms with Crippen LogP contribution in [0.3, 0.4) is 0 Å². The van der Waals surface area contributed by atoms with Crippen LogP contribution in [0.25, 0.3) is 0 Å². The van der Waals surface area contributed by atoms with Gasteiger partial charge in [0.15, 0.2) is 0 Å². The van der Waals surface area contributed by atoms with Gasteiger partial charge in [0.05, 0.1) is 6.61 Å². The molecule has 0 aliphatic rings. The molecule has 4 heteroatoms. The lowest BCUT2D eigenvalue weighted by Crippen LogP contribution is -2.10. The first kappa shape index (κ1) is 14.5. The fourth-order valence-electron chi connectivity index (χ4n) is 1.49. The summed E-state index contributed by atoms with van der Waals surface area (Å²) < 4.78 is 5.45. The summed E-state index contributed by atoms with van der Waals surface area (Å²) in [5, 5.41) is 6.00. The SMILES string of the molecule is CCCCOCCNc1ccc(NC(C)=O)cc1. The van der Waals surface area contributed by atoms with Crippen LogP contribution < -0.4 is 10.6 Å². The number of unbranched alkanes of at least 4 members (excludes halogenated alkanes) is 1. The van der Waals surface area contributed by atoms with Gasteiger partial charge in [0.25, 0.3) is 0 Å². The van der Waals surface area contributed by atoms with Crippen molar-refractivity contribution in [3.05, 3.63) is 24.3 Å². The van der Waals surface area contributed by atoms with Crippen LogP contribution in [-0.4, -0.2) is 25.7 Å². The number of amides is 1. The van der Waals surface area contributed by atoms with Gasteiger partial charge in [0.1, 0.15) is 0 Å². The maximum absolute atomic E-state index is 10.9. The summed E-state index contributed by atoms with van der Waals surface area (Å²) in [5.74, 6) is -0.0555. The zero-order valence-electron chi connectivity index (χ0n) is 11.2. The van der Waals surface area contributed by atoms with Crippen LogP contribution in [0.5, 0.6) is 0 Å². The van der Waals surface area contributed by atoms with E-state index in [0.717, 1.165) is 37.4 Å². The molecule has 0 heterocycles. The zero-order valence-corrected chi connectivity index (χ0v) is 11.2. The smallest absolute Gasteiger partial charge is 0.221 e. The number of rotatable bonds is 8. The minimum absolute atomic E-state index is 0.0555. The molecule has 1 aromatic carbocycles. The van der Waals surface area contributed by atoms with Crippen molar-refractivity contribution in [2.45, 2.75) is 26.7 Å². The van der Waals surface area contributed by atoms with E-state index in [1.54, 1.807) is 0 Å². The molecule has 0 fully saturated rings. The Labute approximate surface area is 109 Å². The first-order valence-corrected chi connectivity index (χ1v) is 6.41. The van der Waals surface area contributed by atoms with E-state index in [0.29, 0.717) is 6.61 Å². The maximum Gasteiger partial charge on any atom is 0.221 e. The molecule has 100 valence electrons. The molecule has 1 amide bonds. The molecule has 0 atom stereocenters. The number of hydrogen-bond donors (Lipinski definition) is 2. The van der Waals surface area contributed by atoms with E-state index < -0.39 is 0 Å². The Morgan fingerprint density at radius 3 is 2.44 bits per heavy atom. The van der Waals surface area contributed by atoms with Gasteiger partial charge in [-0.1, -0.05) is 13.3 Å². The molecule has 0 saturated heterocycles. The maximum atomic E-state index is 10.9. The van der Waals surface area contributed by atoms with E-state index in [4.69, 9.17) is 4.74 Å². The Kier molecular flexibility index (Phi) is 6.87. The van der Waals surface area contributed by atoms with Crippen molar-refractivity contribution in [3.63, 3.8) is 0 Å². The first-order chi connectivity index (χ1) is 8.72. The molecule has 18 heavy (non-hydrogen) atoms. The molecular weight excluding hydrogens is 228 g/mol. The van der Waals surface area contributed by atoms with Crippen LogP contribution in [0.1, 0.15) is 26.7 Å². The number of ether oxygens (including phenoxy) is 1. The topological polar surface area (TPSA) is 50.4 Å². The van der Waals surface area contributed by atoms with Gasteiger partial charge >= 0.3 is 0 Å². The molecule has 0 aliphatic heterocycles. The number of benzene rings is 1. The summed E-state index contributed by atoms with van der Waals surface area (Å²) in [7, 11) is 0. The Morgan fingerprint density at radius 2 is 1.83 bits per heavy atom. The highest BCUT2D eigenvalue weighted by molar-refractivity contribution is 5.88. The van der Waals surface area contributed by atoms with Crippen molar-refractivity contribution >= 4 is 17.3 Å². The summed E-state index contributed by atoms with van der Waals surface area (Å²) in [6.07, 6.45) is 2.28. The largest absolute Gasteiger partial charge is 0.383 e. The van der Waals surface area contributed by atoms with E-state index >= 15 is 0 Å². The van der Waals surface area contributed by atoms with Gasteiger partial charge in [-0.05, 0) is 30.7 Å². The summed E-state index contributed by atoms with van der Waals surface area (Å²) in [5.41, 5.74) is 1.84. The van der Waals surface area contributed by atoms with Crippen molar-refractivity contribution < 1.29 is 9.53 Å². The Hall–Kier alpha value is -1.55. The van der Waals surface area contributed by atoms with Gasteiger partial charge in [-0.3, -0.25) is 4.79 Å². The number of carbonyl (C=O) groups is 1. The van der Waals surface area contributed by atoms with Crippen LogP contribution in [0, 0.1) is 0 Å². The Balaban J connectivity index is 2.20. The van der Waals surface area contributed by atoms with Crippen molar-refractivity contribution in [2.75, 3.05) is 30.4 Å². The summed E-state index contributed by atoms with van der Waals surface area (Å²) >= 11 is 0. The molecule has 0 aromatic heterocycles. The van der Waals surface area contributed by atoms with Crippen LogP contribution in [-0.2, 0) is 9.53 Å². The molecule has 0 radical (unpaired) electrons. The van der Waals surface area contributed by atoms with E-state index in [1.165, 1.54) is 6.92 Å². The minimum Gasteiger partial charge on any atom is -0.383 e. The second-order valence-electron chi connectivity index (χ2n) is 4.15. The van der Waals surface area contributed by atoms with Gasteiger partial charge in [-0.2, -0.15) is 0 Å². The molecule has 2 N–H and O–H groups in total. The lowest BCUT2D eigenvalue weighted by atomic mass is 10.3. The monoisotopic (exact) mass is 250 g/mol. The average Bonchev–Trinajstić information content (AvgIpc) is 2.35. The molecule has 0 unspecified atom stereocenters. The highest BCUT2D eigenvalue weighted by atomic mass is 16.5. The highest BCUT2D eigenvalue weighted by Gasteiger charge is 1.96. The van der Waals surface area contributed by atoms with Crippen molar-refractivity contribution in [1.29, 1.82) is 0 Å². The first-order valence-electron chi connectivity index (χ1n) is 6.41. The second-order valence-corrected chi connectivity index (χ2v) is 4.15. The van der Waals surface area contributed by atoms with Crippen LogP contribution in [0.4, 0.5) is 11.4 Å². The van der Waals surface area contributed by atoms with Crippen LogP contribution in [0.2, 0.25) is 0 Å². The quantitative estimate of drug-likeness (QED) is 0.697. The average molecular weight is 250 g/mol. The standard InChI is InChI=1S/C14H22N2O2/c1-3-4-10-18-11-9-15-13-5-7-14(8-6-13)16-12(2)17/h5-8,15H,3-4,9-11H2,1-2H3,(H,16,17). The van der Waals surface area contributed by atoms with Gasteiger partial charge in [0.2, 0.25) is 5.91 Å². The van der Waals surface area contributed by atoms with Gasteiger partial charge in [-0.25, -0.2) is 0 Å². The van der Waals surface area contributed by atoms with Gasteiger partial charge < -0.3 is 15.4 Å². The molecule has 0 aliphatic carbocycles. The number of carbonyl (C=O) groups excluding carboxylic acids is 1. The Bertz CT molecular complexity index is 349. The van der Waals surface area contributed by atoms with E-state index in [-0.39, 0.29) is 5.91 Å². The molecule has 1 aromatic rings. The lowest BCUT2D eigenvalue weighted by Gasteiger charge is -2.08. The fraction of sp³-hybridized carbons (Fsp3) is 0.500. The van der Waals surface area contributed by atoms with Crippen LogP contribution >= 0.6 is 0 Å². The van der Waals surface area contributed by atoms with E-state index in [2.05, 4.69) is 17.6 Å². The molecule has 0 spiro atoms. The normalized spacial score (nSPS) is 10.1. The number of anilines is 2. The lowest BCUT2D eigenvalue weighted by molar-refractivity contribution is -0.114. The third kappa shape index (κ3) is 6.25. The summed E-state index contributed by atoms with van der Waals surface area (Å²) in [6, 6.07) is 7.64. The molecular formula is C14H22N2O2. The third-order valence-corrected chi connectivity index (χ3v) is 2.42. The summed E-state index contributed by atoms with van der Waals surface area (Å²) in [6.45, 7) is 5.99. The molecule has 0 saturated carbocycles.